The van der Waals surface area contributed by atoms with E-state index in [1.54, 1.807) is 25.1 Å². The summed E-state index contributed by atoms with van der Waals surface area (Å²) in [5.74, 6) is -1.31. The second-order valence-electron chi connectivity index (χ2n) is 13.0. The monoisotopic (exact) mass is 793 g/mol. The molecule has 3 atom stereocenters. The fraction of sp³-hybridized carbons (Fsp3) is 0.526. The number of thioether (sulfide) groups is 1. The molecule has 0 aliphatic carbocycles. The second kappa shape index (κ2) is 26.4. The van der Waals surface area contributed by atoms with E-state index >= 15 is 0 Å². The highest BCUT2D eigenvalue weighted by atomic mass is 35.5. The van der Waals surface area contributed by atoms with Crippen molar-refractivity contribution < 1.29 is 43.0 Å². The molecule has 6 N–H and O–H groups in total. The van der Waals surface area contributed by atoms with Crippen LogP contribution >= 0.6 is 24.2 Å². The van der Waals surface area contributed by atoms with Crippen LogP contribution in [0.2, 0.25) is 0 Å². The Balaban J connectivity index is 0.0000146. The maximum absolute atomic E-state index is 13.2. The van der Waals surface area contributed by atoms with Crippen molar-refractivity contribution in [1.82, 2.24) is 21.3 Å². The van der Waals surface area contributed by atoms with E-state index in [4.69, 9.17) is 15.2 Å². The van der Waals surface area contributed by atoms with Gasteiger partial charge in [0.05, 0.1) is 26.3 Å². The Kier molecular flexibility index (Phi) is 23.3. The number of halogens is 1. The average Bonchev–Trinajstić information content (AvgIpc) is 3.13. The Labute approximate surface area is 328 Å². The lowest BCUT2D eigenvalue weighted by Gasteiger charge is -2.22. The maximum atomic E-state index is 13.2. The van der Waals surface area contributed by atoms with Gasteiger partial charge in [-0.3, -0.25) is 24.0 Å². The summed E-state index contributed by atoms with van der Waals surface area (Å²) in [5, 5.41) is 10.9. The quantitative estimate of drug-likeness (QED) is 0.0627. The van der Waals surface area contributed by atoms with Gasteiger partial charge in [0.2, 0.25) is 23.6 Å². The number of ether oxygens (including phenoxy) is 3. The van der Waals surface area contributed by atoms with Gasteiger partial charge in [-0.05, 0) is 79.4 Å². The summed E-state index contributed by atoms with van der Waals surface area (Å²) in [5.41, 5.74) is 8.60. The molecule has 16 heteroatoms. The van der Waals surface area contributed by atoms with Crippen molar-refractivity contribution in [2.75, 3.05) is 38.8 Å². The van der Waals surface area contributed by atoms with Gasteiger partial charge in [0.15, 0.2) is 0 Å². The Morgan fingerprint density at radius 1 is 0.852 bits per heavy atom. The van der Waals surface area contributed by atoms with Gasteiger partial charge in [0.1, 0.15) is 17.8 Å². The van der Waals surface area contributed by atoms with Crippen molar-refractivity contribution in [2.45, 2.75) is 83.8 Å². The first-order chi connectivity index (χ1) is 25.3. The number of rotatable bonds is 23. The summed E-state index contributed by atoms with van der Waals surface area (Å²) in [6.07, 6.45) is 4.07. The molecular weight excluding hydrogens is 738 g/mol. The van der Waals surface area contributed by atoms with Gasteiger partial charge in [-0.1, -0.05) is 56.7 Å². The molecule has 0 unspecified atom stereocenters. The molecule has 0 heterocycles. The molecule has 0 saturated heterocycles. The molecule has 0 aromatic heterocycles. The highest BCUT2D eigenvalue weighted by molar-refractivity contribution is 7.98. The smallest absolute Gasteiger partial charge is 0.469 e. The number of amides is 4. The van der Waals surface area contributed by atoms with E-state index in [9.17, 15) is 28.8 Å². The molecule has 0 radical (unpaired) electrons. The van der Waals surface area contributed by atoms with Gasteiger partial charge >= 0.3 is 12.1 Å². The molecule has 300 valence electrons. The number of hydrogen-bond acceptors (Lipinski definition) is 11. The van der Waals surface area contributed by atoms with Crippen molar-refractivity contribution >= 4 is 59.9 Å². The van der Waals surface area contributed by atoms with E-state index < -0.39 is 48.5 Å². The molecule has 0 saturated carbocycles. The Hall–Kier alpha value is -4.34. The minimum atomic E-state index is -0.991. The number of aryl methyl sites for hydroxylation is 1. The first-order valence-electron chi connectivity index (χ1n) is 17.8. The number of nitrogens with two attached hydrogens (primary N) is 1. The lowest BCUT2D eigenvalue weighted by molar-refractivity contribution is -0.140. The van der Waals surface area contributed by atoms with Gasteiger partial charge in [0, 0.05) is 19.4 Å². The minimum Gasteiger partial charge on any atom is -0.469 e. The normalized spacial score (nSPS) is 12.3. The van der Waals surface area contributed by atoms with Crippen molar-refractivity contribution in [1.29, 1.82) is 0 Å². The number of methoxy groups -OCH3 is 1. The van der Waals surface area contributed by atoms with Crippen LogP contribution in [0.25, 0.3) is 0 Å². The van der Waals surface area contributed by atoms with E-state index in [1.165, 1.54) is 18.9 Å². The fourth-order valence-corrected chi connectivity index (χ4v) is 5.51. The number of unbranched alkanes of at least 4 members (excludes halogenated alkanes) is 2. The predicted molar refractivity (Wildman–Crippen MR) is 210 cm³/mol. The molecule has 14 nitrogen and oxygen atoms in total. The van der Waals surface area contributed by atoms with E-state index in [-0.39, 0.29) is 49.6 Å². The molecule has 4 amide bonds. The van der Waals surface area contributed by atoms with Gasteiger partial charge in [-0.25, -0.2) is 4.79 Å². The number of esters is 1. The van der Waals surface area contributed by atoms with Crippen LogP contribution in [-0.2, 0) is 46.3 Å². The topological polar surface area (TPSA) is 204 Å². The first-order valence-corrected chi connectivity index (χ1v) is 19.2. The van der Waals surface area contributed by atoms with Crippen molar-refractivity contribution in [3.05, 3.63) is 65.2 Å². The van der Waals surface area contributed by atoms with Crippen LogP contribution in [0.5, 0.6) is 5.75 Å². The lowest BCUT2D eigenvalue weighted by atomic mass is 10.0. The number of carbonyl (C=O) groups excluding carboxylic acids is 6. The maximum Gasteiger partial charge on any atom is 0.513 e. The number of benzene rings is 2. The molecule has 2 aromatic rings. The Morgan fingerprint density at radius 2 is 1.56 bits per heavy atom. The zero-order chi connectivity index (χ0) is 39.2. The van der Waals surface area contributed by atoms with Gasteiger partial charge in [-0.15, -0.1) is 12.4 Å². The second-order valence-corrected chi connectivity index (χ2v) is 14.0. The summed E-state index contributed by atoms with van der Waals surface area (Å²) in [7, 11) is 1.34. The largest absolute Gasteiger partial charge is 0.513 e. The van der Waals surface area contributed by atoms with Crippen LogP contribution < -0.4 is 31.7 Å². The summed E-state index contributed by atoms with van der Waals surface area (Å²) < 4.78 is 14.9. The van der Waals surface area contributed by atoms with Gasteiger partial charge < -0.3 is 41.2 Å². The molecule has 0 fully saturated rings. The fourth-order valence-electron chi connectivity index (χ4n) is 5.04. The molecule has 0 aliphatic heterocycles. The van der Waals surface area contributed by atoms with Crippen molar-refractivity contribution in [2.24, 2.45) is 11.7 Å². The molecule has 0 spiro atoms. The molecular formula is C38H56ClN5O9S. The van der Waals surface area contributed by atoms with Crippen LogP contribution in [-0.4, -0.2) is 92.7 Å². The third-order valence-electron chi connectivity index (χ3n) is 8.01. The Bertz CT molecular complexity index is 1500. The first kappa shape index (κ1) is 47.7. The van der Waals surface area contributed by atoms with Crippen LogP contribution in [0.4, 0.5) is 4.79 Å². The van der Waals surface area contributed by atoms with Gasteiger partial charge in [0.25, 0.3) is 0 Å². The average molecular weight is 794 g/mol. The zero-order valence-corrected chi connectivity index (χ0v) is 33.4. The predicted octanol–water partition coefficient (Wildman–Crippen LogP) is 3.39. The Morgan fingerprint density at radius 3 is 2.20 bits per heavy atom. The summed E-state index contributed by atoms with van der Waals surface area (Å²) in [6, 6.07) is 11.3. The summed E-state index contributed by atoms with van der Waals surface area (Å²) in [6.45, 7) is 5.82. The van der Waals surface area contributed by atoms with E-state index in [1.807, 2.05) is 50.4 Å². The van der Waals surface area contributed by atoms with Crippen LogP contribution in [0.3, 0.4) is 0 Å². The SMILES string of the molecule is COC(=O)CCCCCNC(=O)[C@H](Cc1ccccc1)NC(=O)CNC(=O)[C@@H](CCSC)NC(=O)[C@@H](N)Cc1ccc(OC(=O)OCC(C)C)cc1C.Cl. The standard InChI is InChI=1S/C38H55N5O9S.ClH/c1-25(2)24-51-38(49)52-29-16-15-28(26(3)20-29)22-30(39)35(46)43-31(17-19-53-5)36(47)41-23-33(44)42-32(21-27-12-8-6-9-13-27)37(48)40-18-11-7-10-14-34(45)50-4;/h6,8-9,12-13,15-16,20,25,30-32H,7,10-11,14,17-19,21-24,39H2,1-5H3,(H,40,48)(H,41,47)(H,42,44)(H,43,46);1H/t30-,31+,32-;/m0./s1. The van der Waals surface area contributed by atoms with Crippen molar-refractivity contribution in [3.63, 3.8) is 0 Å². The lowest BCUT2D eigenvalue weighted by Crippen LogP contribution is -2.54. The summed E-state index contributed by atoms with van der Waals surface area (Å²) >= 11 is 1.50. The van der Waals surface area contributed by atoms with E-state index in [2.05, 4.69) is 26.0 Å². The number of hydrogen-bond donors (Lipinski definition) is 5. The number of carbonyl (C=O) groups is 6. The summed E-state index contributed by atoms with van der Waals surface area (Å²) in [4.78, 5) is 75.7. The third kappa shape index (κ3) is 19.1. The van der Waals surface area contributed by atoms with Crippen LogP contribution in [0.15, 0.2) is 48.5 Å². The molecule has 0 bridgehead atoms. The van der Waals surface area contributed by atoms with Gasteiger partial charge in [-0.2, -0.15) is 11.8 Å². The molecule has 0 aliphatic rings. The molecule has 54 heavy (non-hydrogen) atoms. The minimum absolute atomic E-state index is 0. The molecule has 2 aromatic carbocycles. The third-order valence-corrected chi connectivity index (χ3v) is 8.66. The van der Waals surface area contributed by atoms with Crippen LogP contribution in [0, 0.1) is 12.8 Å². The highest BCUT2D eigenvalue weighted by Crippen LogP contribution is 2.19. The van der Waals surface area contributed by atoms with Crippen LogP contribution in [0.1, 0.15) is 62.6 Å². The van der Waals surface area contributed by atoms with E-state index in [0.717, 1.165) is 23.1 Å². The number of nitrogens with one attached hydrogen (secondary N) is 4. The van der Waals surface area contributed by atoms with Crippen molar-refractivity contribution in [3.8, 4) is 5.75 Å². The molecule has 2 rings (SSSR count). The van der Waals surface area contributed by atoms with E-state index in [0.29, 0.717) is 43.7 Å². The zero-order valence-electron chi connectivity index (χ0n) is 31.8. The highest BCUT2D eigenvalue weighted by Gasteiger charge is 2.26.